The van der Waals surface area contributed by atoms with Crippen molar-refractivity contribution < 1.29 is 9.90 Å². The van der Waals surface area contributed by atoms with Crippen LogP contribution in [0.2, 0.25) is 0 Å². The maximum absolute atomic E-state index is 10.0. The van der Waals surface area contributed by atoms with E-state index in [0.717, 1.165) is 12.0 Å². The van der Waals surface area contributed by atoms with Crippen molar-refractivity contribution in [1.82, 2.24) is 0 Å². The van der Waals surface area contributed by atoms with Gasteiger partial charge in [-0.15, -0.1) is 0 Å². The van der Waals surface area contributed by atoms with Gasteiger partial charge in [-0.1, -0.05) is 18.2 Å². The van der Waals surface area contributed by atoms with Gasteiger partial charge in [0.25, 0.3) is 0 Å². The molecule has 2 nitrogen and oxygen atoms in total. The molecule has 0 heterocycles. The quantitative estimate of drug-likeness (QED) is 0.504. The van der Waals surface area contributed by atoms with Crippen molar-refractivity contribution in [1.29, 1.82) is 0 Å². The number of hydrogen-bond donors (Lipinski definition) is 1. The van der Waals surface area contributed by atoms with Crippen molar-refractivity contribution in [2.24, 2.45) is 0 Å². The molecule has 0 aromatic carbocycles. The number of allylic oxidation sites excluding steroid dienone is 3. The van der Waals surface area contributed by atoms with E-state index in [1.54, 1.807) is 6.08 Å². The lowest BCUT2D eigenvalue weighted by molar-refractivity contribution is -0.131. The number of hydrogen-bond acceptors (Lipinski definition) is 1. The second-order valence-corrected chi connectivity index (χ2v) is 2.27. The monoisotopic (exact) mass is 161 g/mol. The molecule has 0 atom stereocenters. The van der Waals surface area contributed by atoms with Gasteiger partial charge in [0.1, 0.15) is 0 Å². The third-order valence-electron chi connectivity index (χ3n) is 1.33. The van der Waals surface area contributed by atoms with Crippen LogP contribution < -0.4 is 0 Å². The summed E-state index contributed by atoms with van der Waals surface area (Å²) in [5.41, 5.74) is 0. The normalized spacial score (nSPS) is 19.7. The van der Waals surface area contributed by atoms with Gasteiger partial charge in [0, 0.05) is 12.0 Å². The fourth-order valence-corrected chi connectivity index (χ4v) is 0.805. The highest BCUT2D eigenvalue weighted by Crippen LogP contribution is 2.23. The Morgan fingerprint density at radius 2 is 1.92 bits per heavy atom. The lowest BCUT2D eigenvalue weighted by atomic mass is 10.1. The van der Waals surface area contributed by atoms with Crippen LogP contribution in [0.25, 0.3) is 0 Å². The first-order valence-corrected chi connectivity index (χ1v) is 3.58. The van der Waals surface area contributed by atoms with Gasteiger partial charge in [-0.2, -0.15) is 0 Å². The minimum Gasteiger partial charge on any atom is -0.478 e. The summed E-state index contributed by atoms with van der Waals surface area (Å²) in [6.45, 7) is 0. The Morgan fingerprint density at radius 1 is 1.25 bits per heavy atom. The van der Waals surface area contributed by atoms with Gasteiger partial charge in [0.15, 0.2) is 0 Å². The molecular weight excluding hydrogens is 152 g/mol. The third kappa shape index (κ3) is 3.37. The molecule has 0 aromatic heterocycles. The molecule has 0 aliphatic heterocycles. The van der Waals surface area contributed by atoms with E-state index in [1.165, 1.54) is 6.08 Å². The maximum Gasteiger partial charge on any atom is 0.328 e. The Balaban J connectivity index is 2.24. The van der Waals surface area contributed by atoms with Crippen molar-refractivity contribution in [2.75, 3.05) is 0 Å². The predicted octanol–water partition coefficient (Wildman–Crippen LogP) is 1.59. The number of rotatable bonds is 3. The Labute approximate surface area is 72.6 Å². The number of carbonyl (C=O) groups is 1. The molecule has 1 aliphatic rings. The highest BCUT2D eigenvalue weighted by Gasteiger charge is 2.12. The zero-order valence-electron chi connectivity index (χ0n) is 6.47. The molecule has 1 aliphatic carbocycles. The predicted molar refractivity (Wildman–Crippen MR) is 46.4 cm³/mol. The van der Waals surface area contributed by atoms with Gasteiger partial charge in [0.2, 0.25) is 0 Å². The minimum absolute atomic E-state index is 0.929. The van der Waals surface area contributed by atoms with Crippen LogP contribution in [0.3, 0.4) is 0 Å². The largest absolute Gasteiger partial charge is 0.478 e. The summed E-state index contributed by atoms with van der Waals surface area (Å²) < 4.78 is 0. The summed E-state index contributed by atoms with van der Waals surface area (Å²) >= 11 is 0. The first-order chi connectivity index (χ1) is 5.79. The Morgan fingerprint density at radius 3 is 2.50 bits per heavy atom. The van der Waals surface area contributed by atoms with E-state index in [4.69, 9.17) is 5.11 Å². The topological polar surface area (TPSA) is 37.3 Å². The van der Waals surface area contributed by atoms with Crippen molar-refractivity contribution in [2.45, 2.75) is 0 Å². The third-order valence-corrected chi connectivity index (χ3v) is 1.33. The van der Waals surface area contributed by atoms with E-state index in [1.807, 2.05) is 31.8 Å². The molecule has 2 heteroatoms. The molecule has 1 N–H and O–H groups in total. The Hall–Kier alpha value is -1.05. The fraction of sp³-hybridized carbons (Fsp3) is 0. The van der Waals surface area contributed by atoms with Gasteiger partial charge >= 0.3 is 5.97 Å². The summed E-state index contributed by atoms with van der Waals surface area (Å²) in [7, 11) is 0. The molecule has 0 saturated heterocycles. The van der Waals surface area contributed by atoms with Gasteiger partial charge in [0.05, 0.1) is 0 Å². The lowest BCUT2D eigenvalue weighted by Crippen LogP contribution is -1.85. The van der Waals surface area contributed by atoms with Crippen LogP contribution in [-0.2, 0) is 4.79 Å². The zero-order valence-corrected chi connectivity index (χ0v) is 6.47. The summed E-state index contributed by atoms with van der Waals surface area (Å²) in [6, 6.07) is 0. The molecule has 1 fully saturated rings. The van der Waals surface area contributed by atoms with E-state index in [0.29, 0.717) is 0 Å². The van der Waals surface area contributed by atoms with Gasteiger partial charge < -0.3 is 5.11 Å². The van der Waals surface area contributed by atoms with E-state index in [2.05, 4.69) is 0 Å². The Bertz CT molecular complexity index is 198. The fourth-order valence-electron chi connectivity index (χ4n) is 0.805. The molecule has 0 spiro atoms. The second kappa shape index (κ2) is 4.75. The average molecular weight is 161 g/mol. The van der Waals surface area contributed by atoms with E-state index in [-0.39, 0.29) is 0 Å². The first kappa shape index (κ1) is 9.04. The Kier molecular flexibility index (Phi) is 3.58. The maximum atomic E-state index is 10.0. The first-order valence-electron chi connectivity index (χ1n) is 3.58. The molecule has 0 bridgehead atoms. The molecule has 1 saturated carbocycles. The van der Waals surface area contributed by atoms with Crippen LogP contribution in [-0.4, -0.2) is 11.1 Å². The van der Waals surface area contributed by atoms with Gasteiger partial charge in [-0.3, -0.25) is 0 Å². The molecule has 12 heavy (non-hydrogen) atoms. The van der Waals surface area contributed by atoms with Crippen LogP contribution >= 0.6 is 0 Å². The second-order valence-electron chi connectivity index (χ2n) is 2.27. The van der Waals surface area contributed by atoms with Crippen LogP contribution in [0.4, 0.5) is 0 Å². The minimum atomic E-state index is -0.929. The standard InChI is InChI=1S/C10H9O2/c11-10(12)8-4-3-7-9-5-1-2-6-9/h1-8H,(H,11,12)/b7-3+,8-4+. The molecule has 5 radical (unpaired) electrons. The van der Waals surface area contributed by atoms with Crippen LogP contribution in [0.5, 0.6) is 0 Å². The van der Waals surface area contributed by atoms with Crippen molar-refractivity contribution >= 4 is 5.97 Å². The van der Waals surface area contributed by atoms with Crippen LogP contribution in [0, 0.1) is 31.6 Å². The average Bonchev–Trinajstić information content (AvgIpc) is 2.49. The lowest BCUT2D eigenvalue weighted by Gasteiger charge is -1.95. The van der Waals surface area contributed by atoms with Crippen molar-refractivity contribution in [3.05, 3.63) is 55.9 Å². The SMILES string of the molecule is O=C(O)/C=C/C=C/[C]1[CH][CH][CH][CH]1. The molecule has 61 valence electrons. The van der Waals surface area contributed by atoms with Gasteiger partial charge in [-0.05, 0) is 25.7 Å². The zero-order chi connectivity index (χ0) is 8.81. The smallest absolute Gasteiger partial charge is 0.328 e. The van der Waals surface area contributed by atoms with Crippen LogP contribution in [0.1, 0.15) is 0 Å². The molecule has 0 unspecified atom stereocenters. The van der Waals surface area contributed by atoms with Crippen LogP contribution in [0.15, 0.2) is 24.3 Å². The summed E-state index contributed by atoms with van der Waals surface area (Å²) in [5, 5.41) is 8.25. The van der Waals surface area contributed by atoms with Crippen molar-refractivity contribution in [3.8, 4) is 0 Å². The van der Waals surface area contributed by atoms with Crippen molar-refractivity contribution in [3.63, 3.8) is 0 Å². The number of carboxylic acids is 1. The summed E-state index contributed by atoms with van der Waals surface area (Å²) in [4.78, 5) is 10.0. The summed E-state index contributed by atoms with van der Waals surface area (Å²) in [6.07, 6.45) is 13.9. The van der Waals surface area contributed by atoms with E-state index in [9.17, 15) is 4.79 Å². The number of aliphatic carboxylic acids is 1. The van der Waals surface area contributed by atoms with E-state index < -0.39 is 5.97 Å². The highest BCUT2D eigenvalue weighted by molar-refractivity contribution is 5.80. The molecule has 0 amide bonds. The molecule has 0 aromatic rings. The molecular formula is C10H9O2. The highest BCUT2D eigenvalue weighted by atomic mass is 16.4. The van der Waals surface area contributed by atoms with Gasteiger partial charge in [-0.25, -0.2) is 4.79 Å². The molecule has 1 rings (SSSR count). The number of carboxylic acid groups (broad SMARTS) is 1. The van der Waals surface area contributed by atoms with E-state index >= 15 is 0 Å². The summed E-state index contributed by atoms with van der Waals surface area (Å²) in [5.74, 6) is 0.146.